The number of rotatable bonds is 0. The lowest BCUT2D eigenvalue weighted by Crippen LogP contribution is -2.15. The van der Waals surface area contributed by atoms with Crippen molar-refractivity contribution in [2.75, 3.05) is 0 Å². The molecule has 0 aliphatic carbocycles. The molecule has 0 aliphatic heterocycles. The largest absolute Gasteiger partial charge is 0.422 e. The first-order valence-corrected chi connectivity index (χ1v) is 3.74. The third-order valence-electron chi connectivity index (χ3n) is 1.52. The molecule has 0 fully saturated rings. The van der Waals surface area contributed by atoms with E-state index in [4.69, 9.17) is 0 Å². The van der Waals surface area contributed by atoms with Gasteiger partial charge in [-0.15, -0.1) is 12.6 Å². The van der Waals surface area contributed by atoms with Crippen LogP contribution in [0.3, 0.4) is 0 Å². The molecule has 0 nitrogen and oxygen atoms in total. The van der Waals surface area contributed by atoms with Gasteiger partial charge >= 0.3 is 6.18 Å². The van der Waals surface area contributed by atoms with E-state index >= 15 is 0 Å². The SMILES string of the molecule is Fc1c(F)c(C(F)(F)F)c(F)c(F)c1S. The monoisotopic (exact) mass is 250 g/mol. The molecule has 0 amide bonds. The Morgan fingerprint density at radius 1 is 0.733 bits per heavy atom. The van der Waals surface area contributed by atoms with Crippen LogP contribution in [0.1, 0.15) is 5.56 Å². The van der Waals surface area contributed by atoms with Gasteiger partial charge in [0.15, 0.2) is 23.3 Å². The molecule has 1 aromatic rings. The summed E-state index contributed by atoms with van der Waals surface area (Å²) in [4.78, 5) is -1.43. The topological polar surface area (TPSA) is 0 Å². The fraction of sp³-hybridized carbons (Fsp3) is 0.143. The first kappa shape index (κ1) is 12.2. The highest BCUT2D eigenvalue weighted by Gasteiger charge is 2.41. The van der Waals surface area contributed by atoms with Gasteiger partial charge in [-0.2, -0.15) is 13.2 Å². The highest BCUT2D eigenvalue weighted by atomic mass is 32.1. The first-order valence-electron chi connectivity index (χ1n) is 3.30. The van der Waals surface area contributed by atoms with E-state index in [1.165, 1.54) is 0 Å². The van der Waals surface area contributed by atoms with Gasteiger partial charge in [-0.1, -0.05) is 0 Å². The minimum absolute atomic E-state index is 1.43. The van der Waals surface area contributed by atoms with Gasteiger partial charge in [0.2, 0.25) is 0 Å². The van der Waals surface area contributed by atoms with Crippen LogP contribution in [0, 0.1) is 23.3 Å². The Bertz CT molecular complexity index is 380. The van der Waals surface area contributed by atoms with Gasteiger partial charge in [0, 0.05) is 0 Å². The summed E-state index contributed by atoms with van der Waals surface area (Å²) in [7, 11) is 0. The Morgan fingerprint density at radius 2 is 1.07 bits per heavy atom. The average Bonchev–Trinajstić information content (AvgIpc) is 2.09. The third-order valence-corrected chi connectivity index (χ3v) is 1.92. The molecule has 0 heterocycles. The zero-order chi connectivity index (χ0) is 12.0. The van der Waals surface area contributed by atoms with Crippen LogP contribution in [-0.2, 0) is 6.18 Å². The Hall–Kier alpha value is -0.920. The Balaban J connectivity index is 3.68. The summed E-state index contributed by atoms with van der Waals surface area (Å²) in [5, 5.41) is 0. The molecule has 0 atom stereocenters. The molecule has 0 saturated carbocycles. The van der Waals surface area contributed by atoms with E-state index in [0.717, 1.165) is 0 Å². The molecular weight excluding hydrogens is 249 g/mol. The van der Waals surface area contributed by atoms with Gasteiger partial charge in [-0.25, -0.2) is 17.6 Å². The highest BCUT2D eigenvalue weighted by Crippen LogP contribution is 2.37. The van der Waals surface area contributed by atoms with Crippen molar-refractivity contribution in [2.24, 2.45) is 0 Å². The maximum Gasteiger partial charge on any atom is 0.422 e. The van der Waals surface area contributed by atoms with Crippen molar-refractivity contribution in [3.63, 3.8) is 0 Å². The van der Waals surface area contributed by atoms with E-state index < -0.39 is 39.9 Å². The van der Waals surface area contributed by atoms with Gasteiger partial charge in [0.05, 0.1) is 4.90 Å². The Labute approximate surface area is 84.1 Å². The summed E-state index contributed by atoms with van der Waals surface area (Å²) in [6, 6.07) is 0. The number of halogens is 7. The lowest BCUT2D eigenvalue weighted by Gasteiger charge is -2.11. The van der Waals surface area contributed by atoms with Crippen molar-refractivity contribution in [3.8, 4) is 0 Å². The molecule has 1 aromatic carbocycles. The van der Waals surface area contributed by atoms with Crippen LogP contribution in [0.2, 0.25) is 0 Å². The molecule has 0 N–H and O–H groups in total. The summed E-state index contributed by atoms with van der Waals surface area (Å²) in [6.45, 7) is 0. The van der Waals surface area contributed by atoms with Gasteiger partial charge in [-0.3, -0.25) is 0 Å². The molecule has 0 unspecified atom stereocenters. The molecule has 0 bridgehead atoms. The number of hydrogen-bond acceptors (Lipinski definition) is 1. The Kier molecular flexibility index (Phi) is 2.90. The van der Waals surface area contributed by atoms with Gasteiger partial charge < -0.3 is 0 Å². The molecule has 84 valence electrons. The molecular formula is C7HF7S. The lowest BCUT2D eigenvalue weighted by molar-refractivity contribution is -0.143. The van der Waals surface area contributed by atoms with Crippen LogP contribution in [0.4, 0.5) is 30.7 Å². The number of thiol groups is 1. The van der Waals surface area contributed by atoms with Gasteiger partial charge in [0.25, 0.3) is 0 Å². The van der Waals surface area contributed by atoms with E-state index in [-0.39, 0.29) is 0 Å². The second-order valence-electron chi connectivity index (χ2n) is 2.48. The van der Waals surface area contributed by atoms with Crippen LogP contribution in [0.15, 0.2) is 4.90 Å². The van der Waals surface area contributed by atoms with E-state index in [2.05, 4.69) is 12.6 Å². The predicted octanol–water partition coefficient (Wildman–Crippen LogP) is 3.55. The van der Waals surface area contributed by atoms with Crippen LogP contribution in [-0.4, -0.2) is 0 Å². The normalized spacial score (nSPS) is 12.0. The standard InChI is InChI=1S/C7HF7S/c8-2-1(7(12,13)14)3(9)5(11)6(15)4(2)10/h15H. The first-order chi connectivity index (χ1) is 6.68. The molecule has 8 heteroatoms. The second-order valence-corrected chi connectivity index (χ2v) is 2.92. The number of hydrogen-bond donors (Lipinski definition) is 1. The molecule has 15 heavy (non-hydrogen) atoms. The van der Waals surface area contributed by atoms with E-state index in [0.29, 0.717) is 0 Å². The zero-order valence-corrected chi connectivity index (χ0v) is 7.49. The van der Waals surface area contributed by atoms with Crippen molar-refractivity contribution >= 4 is 12.6 Å². The second kappa shape index (κ2) is 3.58. The van der Waals surface area contributed by atoms with Gasteiger partial charge in [0.1, 0.15) is 5.56 Å². The molecule has 1 rings (SSSR count). The molecule has 0 radical (unpaired) electrons. The van der Waals surface area contributed by atoms with Crippen LogP contribution in [0.5, 0.6) is 0 Å². The van der Waals surface area contributed by atoms with Crippen molar-refractivity contribution < 1.29 is 30.7 Å². The van der Waals surface area contributed by atoms with E-state index in [9.17, 15) is 30.7 Å². The molecule has 0 aliphatic rings. The van der Waals surface area contributed by atoms with Crippen molar-refractivity contribution in [1.82, 2.24) is 0 Å². The summed E-state index contributed by atoms with van der Waals surface area (Å²) in [5.74, 6) is -9.37. The quantitative estimate of drug-likeness (QED) is 0.406. The van der Waals surface area contributed by atoms with Crippen LogP contribution in [0.25, 0.3) is 0 Å². The van der Waals surface area contributed by atoms with Crippen molar-refractivity contribution in [1.29, 1.82) is 0 Å². The summed E-state index contributed by atoms with van der Waals surface area (Å²) >= 11 is 3.00. The maximum atomic E-state index is 12.6. The fourth-order valence-corrected chi connectivity index (χ4v) is 1.07. The maximum absolute atomic E-state index is 12.6. The third kappa shape index (κ3) is 1.90. The summed E-state index contributed by atoms with van der Waals surface area (Å²) in [6.07, 6.45) is -5.52. The predicted molar refractivity (Wildman–Crippen MR) is 38.5 cm³/mol. The smallest absolute Gasteiger partial charge is 0.203 e. The van der Waals surface area contributed by atoms with Crippen LogP contribution < -0.4 is 0 Å². The van der Waals surface area contributed by atoms with Gasteiger partial charge in [-0.05, 0) is 0 Å². The highest BCUT2D eigenvalue weighted by molar-refractivity contribution is 7.80. The fourth-order valence-electron chi connectivity index (χ4n) is 0.869. The summed E-state index contributed by atoms with van der Waals surface area (Å²) < 4.78 is 86.4. The number of benzene rings is 1. The van der Waals surface area contributed by atoms with Crippen LogP contribution >= 0.6 is 12.6 Å². The summed E-state index contributed by atoms with van der Waals surface area (Å²) in [5.41, 5.74) is -2.60. The van der Waals surface area contributed by atoms with E-state index in [1.807, 2.05) is 0 Å². The minimum Gasteiger partial charge on any atom is -0.203 e. The molecule has 0 saturated heterocycles. The average molecular weight is 250 g/mol. The van der Waals surface area contributed by atoms with Crippen molar-refractivity contribution in [3.05, 3.63) is 28.8 Å². The molecule has 0 aromatic heterocycles. The van der Waals surface area contributed by atoms with Crippen molar-refractivity contribution in [2.45, 2.75) is 11.1 Å². The zero-order valence-electron chi connectivity index (χ0n) is 6.59. The minimum atomic E-state index is -5.52. The number of alkyl halides is 3. The lowest BCUT2D eigenvalue weighted by atomic mass is 10.1. The molecule has 0 spiro atoms. The van der Waals surface area contributed by atoms with E-state index in [1.54, 1.807) is 0 Å². The Morgan fingerprint density at radius 3 is 1.33 bits per heavy atom.